The summed E-state index contributed by atoms with van der Waals surface area (Å²) in [6.07, 6.45) is 0.780. The van der Waals surface area contributed by atoms with E-state index in [1.54, 1.807) is 6.07 Å². The Kier molecular flexibility index (Phi) is 3.46. The molecule has 86 valence electrons. The predicted octanol–water partition coefficient (Wildman–Crippen LogP) is 2.47. The van der Waals surface area contributed by atoms with Gasteiger partial charge in [-0.2, -0.15) is 0 Å². The number of halogens is 2. The Morgan fingerprint density at radius 2 is 2.44 bits per heavy atom. The predicted molar refractivity (Wildman–Crippen MR) is 62.4 cm³/mol. The van der Waals surface area contributed by atoms with E-state index in [1.807, 2.05) is 0 Å². The van der Waals surface area contributed by atoms with Gasteiger partial charge >= 0.3 is 0 Å². The van der Waals surface area contributed by atoms with Gasteiger partial charge < -0.3 is 10.1 Å². The Balaban J connectivity index is 1.88. The smallest absolute Gasteiger partial charge is 0.123 e. The monoisotopic (exact) mass is 241 g/mol. The van der Waals surface area contributed by atoms with Crippen LogP contribution < -0.4 is 10.1 Å². The van der Waals surface area contributed by atoms with Crippen LogP contribution in [0.15, 0.2) is 29.8 Å². The van der Waals surface area contributed by atoms with Crippen LogP contribution in [0.25, 0.3) is 0 Å². The van der Waals surface area contributed by atoms with Crippen LogP contribution in [0.4, 0.5) is 4.39 Å². The minimum absolute atomic E-state index is 0.0489. The first-order valence-electron chi connectivity index (χ1n) is 5.14. The molecule has 0 aromatic heterocycles. The lowest BCUT2D eigenvalue weighted by atomic mass is 10.1. The Hall–Kier alpha value is -1.06. The first-order valence-corrected chi connectivity index (χ1v) is 5.52. The molecule has 0 fully saturated rings. The number of rotatable bonds is 4. The van der Waals surface area contributed by atoms with Gasteiger partial charge in [-0.3, -0.25) is 0 Å². The molecule has 1 unspecified atom stereocenters. The lowest BCUT2D eigenvalue weighted by Crippen LogP contribution is -2.30. The number of fused-ring (bicyclic) bond motifs is 1. The molecule has 1 atom stereocenters. The fraction of sp³-hybridized carbons (Fsp3) is 0.333. The van der Waals surface area contributed by atoms with Crippen LogP contribution in [0.3, 0.4) is 0 Å². The van der Waals surface area contributed by atoms with Crippen molar-refractivity contribution in [3.8, 4) is 5.75 Å². The SMILES string of the molecule is C=C(Cl)CNCC1Cc2cc(F)ccc2O1. The summed E-state index contributed by atoms with van der Waals surface area (Å²) >= 11 is 5.63. The summed E-state index contributed by atoms with van der Waals surface area (Å²) in [6.45, 7) is 4.83. The second-order valence-corrected chi connectivity index (χ2v) is 4.38. The lowest BCUT2D eigenvalue weighted by Gasteiger charge is -2.11. The molecule has 1 aromatic carbocycles. The van der Waals surface area contributed by atoms with Gasteiger partial charge in [-0.05, 0) is 18.2 Å². The van der Waals surface area contributed by atoms with Crippen LogP contribution in [-0.2, 0) is 6.42 Å². The van der Waals surface area contributed by atoms with Gasteiger partial charge in [0.25, 0.3) is 0 Å². The fourth-order valence-electron chi connectivity index (χ4n) is 1.77. The lowest BCUT2D eigenvalue weighted by molar-refractivity contribution is 0.229. The van der Waals surface area contributed by atoms with Crippen molar-refractivity contribution in [2.75, 3.05) is 13.1 Å². The highest BCUT2D eigenvalue weighted by Crippen LogP contribution is 2.28. The summed E-state index contributed by atoms with van der Waals surface area (Å²) < 4.78 is 18.6. The standard InChI is InChI=1S/C12H13ClFNO/c1-8(13)6-15-7-11-5-9-4-10(14)2-3-12(9)16-11/h2-4,11,15H,1,5-7H2. The molecule has 1 heterocycles. The van der Waals surface area contributed by atoms with Crippen molar-refractivity contribution in [2.24, 2.45) is 0 Å². The summed E-state index contributed by atoms with van der Waals surface area (Å²) in [5, 5.41) is 3.70. The molecule has 2 nitrogen and oxygen atoms in total. The number of hydrogen-bond donors (Lipinski definition) is 1. The van der Waals surface area contributed by atoms with Gasteiger partial charge in [-0.1, -0.05) is 18.2 Å². The Morgan fingerprint density at radius 1 is 1.62 bits per heavy atom. The first kappa shape index (κ1) is 11.4. The Bertz CT molecular complexity index is 408. The van der Waals surface area contributed by atoms with Crippen LogP contribution in [0.2, 0.25) is 0 Å². The van der Waals surface area contributed by atoms with Gasteiger partial charge in [0.05, 0.1) is 0 Å². The molecule has 0 amide bonds. The number of benzene rings is 1. The van der Waals surface area contributed by atoms with E-state index in [9.17, 15) is 4.39 Å². The average molecular weight is 242 g/mol. The molecule has 0 aliphatic carbocycles. The molecule has 0 spiro atoms. The molecule has 0 radical (unpaired) electrons. The maximum absolute atomic E-state index is 12.9. The molecule has 16 heavy (non-hydrogen) atoms. The molecule has 1 aromatic rings. The van der Waals surface area contributed by atoms with Crippen molar-refractivity contribution < 1.29 is 9.13 Å². The summed E-state index contributed by atoms with van der Waals surface area (Å²) in [5.74, 6) is 0.558. The Morgan fingerprint density at radius 3 is 3.19 bits per heavy atom. The molecule has 4 heteroatoms. The summed E-state index contributed by atoms with van der Waals surface area (Å²) in [4.78, 5) is 0. The number of nitrogens with one attached hydrogen (secondary N) is 1. The van der Waals surface area contributed by atoms with Crippen molar-refractivity contribution >= 4 is 11.6 Å². The van der Waals surface area contributed by atoms with Crippen molar-refractivity contribution in [1.29, 1.82) is 0 Å². The zero-order valence-electron chi connectivity index (χ0n) is 8.80. The molecule has 0 saturated carbocycles. The fourth-order valence-corrected chi connectivity index (χ4v) is 1.87. The first-order chi connectivity index (χ1) is 7.65. The van der Waals surface area contributed by atoms with E-state index < -0.39 is 0 Å². The van der Waals surface area contributed by atoms with Crippen LogP contribution in [0, 0.1) is 5.82 Å². The summed E-state index contributed by atoms with van der Waals surface area (Å²) in [6, 6.07) is 4.61. The van der Waals surface area contributed by atoms with E-state index >= 15 is 0 Å². The highest BCUT2D eigenvalue weighted by molar-refractivity contribution is 6.29. The highest BCUT2D eigenvalue weighted by Gasteiger charge is 2.22. The molecular weight excluding hydrogens is 229 g/mol. The maximum Gasteiger partial charge on any atom is 0.123 e. The van der Waals surface area contributed by atoms with E-state index in [4.69, 9.17) is 16.3 Å². The van der Waals surface area contributed by atoms with Crippen molar-refractivity contribution in [2.45, 2.75) is 12.5 Å². The molecule has 1 aliphatic rings. The van der Waals surface area contributed by atoms with Crippen molar-refractivity contribution in [3.63, 3.8) is 0 Å². The molecule has 0 saturated heterocycles. The molecule has 2 rings (SSSR count). The van der Waals surface area contributed by atoms with Gasteiger partial charge in [0, 0.05) is 30.1 Å². The van der Waals surface area contributed by atoms with Crippen LogP contribution >= 0.6 is 11.6 Å². The molecular formula is C12H13ClFNO. The van der Waals surface area contributed by atoms with E-state index in [1.165, 1.54) is 12.1 Å². The van der Waals surface area contributed by atoms with Crippen molar-refractivity contribution in [3.05, 3.63) is 41.2 Å². The summed E-state index contributed by atoms with van der Waals surface area (Å²) in [5.41, 5.74) is 0.927. The topological polar surface area (TPSA) is 21.3 Å². The normalized spacial score (nSPS) is 18.0. The Labute approximate surface area is 99.1 Å². The van der Waals surface area contributed by atoms with Gasteiger partial charge in [-0.25, -0.2) is 4.39 Å². The van der Waals surface area contributed by atoms with E-state index in [0.29, 0.717) is 18.1 Å². The molecule has 1 N–H and O–H groups in total. The van der Waals surface area contributed by atoms with Crippen LogP contribution in [0.1, 0.15) is 5.56 Å². The number of ether oxygens (including phenoxy) is 1. The van der Waals surface area contributed by atoms with Gasteiger partial charge in [0.2, 0.25) is 0 Å². The average Bonchev–Trinajstić information content (AvgIpc) is 2.58. The van der Waals surface area contributed by atoms with E-state index in [-0.39, 0.29) is 11.9 Å². The van der Waals surface area contributed by atoms with E-state index in [2.05, 4.69) is 11.9 Å². The van der Waals surface area contributed by atoms with Crippen molar-refractivity contribution in [1.82, 2.24) is 5.32 Å². The second-order valence-electron chi connectivity index (χ2n) is 3.84. The maximum atomic E-state index is 12.9. The van der Waals surface area contributed by atoms with E-state index in [0.717, 1.165) is 17.7 Å². The third-order valence-electron chi connectivity index (χ3n) is 2.45. The van der Waals surface area contributed by atoms with Gasteiger partial charge in [0.1, 0.15) is 17.7 Å². The quantitative estimate of drug-likeness (QED) is 0.875. The number of hydrogen-bond acceptors (Lipinski definition) is 2. The molecule has 0 bridgehead atoms. The highest BCUT2D eigenvalue weighted by atomic mass is 35.5. The minimum atomic E-state index is -0.218. The molecule has 1 aliphatic heterocycles. The third kappa shape index (κ3) is 2.74. The summed E-state index contributed by atoms with van der Waals surface area (Å²) in [7, 11) is 0. The zero-order valence-corrected chi connectivity index (χ0v) is 9.56. The second kappa shape index (κ2) is 4.85. The zero-order chi connectivity index (χ0) is 11.5. The minimum Gasteiger partial charge on any atom is -0.488 e. The van der Waals surface area contributed by atoms with Gasteiger partial charge in [-0.15, -0.1) is 0 Å². The largest absolute Gasteiger partial charge is 0.488 e. The van der Waals surface area contributed by atoms with Crippen LogP contribution in [-0.4, -0.2) is 19.2 Å². The van der Waals surface area contributed by atoms with Crippen LogP contribution in [0.5, 0.6) is 5.75 Å². The third-order valence-corrected chi connectivity index (χ3v) is 2.59. The van der Waals surface area contributed by atoms with Gasteiger partial charge in [0.15, 0.2) is 0 Å².